The van der Waals surface area contributed by atoms with E-state index in [9.17, 15) is 13.2 Å². The Morgan fingerprint density at radius 3 is 2.43 bits per heavy atom. The molecule has 0 fully saturated rings. The third kappa shape index (κ3) is 3.87. The second-order valence-electron chi connectivity index (χ2n) is 6.54. The van der Waals surface area contributed by atoms with Crippen molar-refractivity contribution < 1.29 is 17.9 Å². The fraction of sp³-hybridized carbons (Fsp3) is 0.350. The van der Waals surface area contributed by atoms with Gasteiger partial charge in [0.05, 0.1) is 15.6 Å². The maximum absolute atomic E-state index is 13.6. The molecule has 1 aromatic heterocycles. The first kappa shape index (κ1) is 21.0. The van der Waals surface area contributed by atoms with Crippen molar-refractivity contribution in [2.75, 3.05) is 0 Å². The maximum atomic E-state index is 13.6. The van der Waals surface area contributed by atoms with Crippen molar-refractivity contribution in [3.63, 3.8) is 0 Å². The van der Waals surface area contributed by atoms with Crippen LogP contribution in [-0.4, -0.2) is 9.55 Å². The molecule has 3 aromatic rings. The van der Waals surface area contributed by atoms with Gasteiger partial charge in [-0.1, -0.05) is 31.5 Å². The Bertz CT molecular complexity index is 1010. The Kier molecular flexibility index (Phi) is 5.96. The minimum Gasteiger partial charge on any atom is -0.424 e. The molecule has 0 saturated carbocycles. The predicted octanol–water partition coefficient (Wildman–Crippen LogP) is 7.70. The van der Waals surface area contributed by atoms with Crippen molar-refractivity contribution in [1.82, 2.24) is 9.55 Å². The zero-order valence-corrected chi connectivity index (χ0v) is 17.9. The first-order valence-corrected chi connectivity index (χ1v) is 10.0. The molecule has 0 unspecified atom stereocenters. The first-order valence-electron chi connectivity index (χ1n) is 8.86. The average Bonchev–Trinajstić information content (AvgIpc) is 2.94. The number of aryl methyl sites for hydroxylation is 1. The lowest BCUT2D eigenvalue weighted by molar-refractivity contribution is -0.136. The molecule has 0 spiro atoms. The third-order valence-corrected chi connectivity index (χ3v) is 5.69. The summed E-state index contributed by atoms with van der Waals surface area (Å²) in [7, 11) is 1.67. The van der Waals surface area contributed by atoms with Crippen LogP contribution in [0.5, 0.6) is 11.8 Å². The van der Waals surface area contributed by atoms with E-state index in [-0.39, 0.29) is 17.4 Å². The number of imidazole rings is 1. The fourth-order valence-electron chi connectivity index (χ4n) is 3.36. The Balaban J connectivity index is 2.22. The highest BCUT2D eigenvalue weighted by atomic mass is 79.9. The molecule has 0 radical (unpaired) electrons. The number of nitrogens with zero attached hydrogens (tertiary/aromatic N) is 2. The molecule has 1 heterocycles. The van der Waals surface area contributed by atoms with E-state index in [0.717, 1.165) is 24.5 Å². The highest BCUT2D eigenvalue weighted by Crippen LogP contribution is 2.41. The Morgan fingerprint density at radius 1 is 1.18 bits per heavy atom. The van der Waals surface area contributed by atoms with E-state index >= 15 is 0 Å². The van der Waals surface area contributed by atoms with E-state index in [1.807, 2.05) is 13.8 Å². The van der Waals surface area contributed by atoms with Gasteiger partial charge in [0.15, 0.2) is 0 Å². The van der Waals surface area contributed by atoms with Crippen LogP contribution in [0.2, 0.25) is 5.02 Å². The molecule has 0 aliphatic rings. The highest BCUT2D eigenvalue weighted by molar-refractivity contribution is 9.10. The van der Waals surface area contributed by atoms with Crippen LogP contribution < -0.4 is 4.74 Å². The standard InChI is InChI=1S/C20H19BrClF3N2O/c1-4-11(5-2)13-7-8-14(20(23,24)25)17-18(13)27(3)19(26-17)28-16-9-6-12(22)10-15(16)21/h6-11H,4-5H2,1-3H3. The second kappa shape index (κ2) is 7.95. The highest BCUT2D eigenvalue weighted by Gasteiger charge is 2.35. The quantitative estimate of drug-likeness (QED) is 0.378. The van der Waals surface area contributed by atoms with Crippen LogP contribution in [0, 0.1) is 0 Å². The van der Waals surface area contributed by atoms with Crippen molar-refractivity contribution in [3.8, 4) is 11.8 Å². The predicted molar refractivity (Wildman–Crippen MR) is 108 cm³/mol. The molecule has 0 N–H and O–H groups in total. The first-order chi connectivity index (χ1) is 13.2. The second-order valence-corrected chi connectivity index (χ2v) is 7.83. The van der Waals surface area contributed by atoms with Crippen molar-refractivity contribution >= 4 is 38.6 Å². The Hall–Kier alpha value is -1.73. The van der Waals surface area contributed by atoms with Crippen LogP contribution >= 0.6 is 27.5 Å². The molecule has 0 bridgehead atoms. The Morgan fingerprint density at radius 2 is 1.86 bits per heavy atom. The molecule has 3 rings (SSSR count). The van der Waals surface area contributed by atoms with E-state index in [1.165, 1.54) is 0 Å². The molecule has 0 saturated heterocycles. The summed E-state index contributed by atoms with van der Waals surface area (Å²) in [4.78, 5) is 4.22. The summed E-state index contributed by atoms with van der Waals surface area (Å²) in [5.74, 6) is 0.552. The van der Waals surface area contributed by atoms with Crippen LogP contribution in [-0.2, 0) is 13.2 Å². The van der Waals surface area contributed by atoms with Gasteiger partial charge in [0, 0.05) is 12.1 Å². The van der Waals surface area contributed by atoms with E-state index in [2.05, 4.69) is 20.9 Å². The molecule has 0 aliphatic heterocycles. The van der Waals surface area contributed by atoms with Gasteiger partial charge in [0.1, 0.15) is 11.3 Å². The Labute approximate surface area is 174 Å². The van der Waals surface area contributed by atoms with Gasteiger partial charge in [-0.2, -0.15) is 18.2 Å². The number of ether oxygens (including phenoxy) is 1. The molecule has 8 heteroatoms. The van der Waals surface area contributed by atoms with Gasteiger partial charge in [0.2, 0.25) is 0 Å². The van der Waals surface area contributed by atoms with Crippen LogP contribution in [0.15, 0.2) is 34.8 Å². The van der Waals surface area contributed by atoms with Crippen LogP contribution in [0.3, 0.4) is 0 Å². The monoisotopic (exact) mass is 474 g/mol. The number of hydrogen-bond acceptors (Lipinski definition) is 2. The zero-order valence-electron chi connectivity index (χ0n) is 15.6. The summed E-state index contributed by atoms with van der Waals surface area (Å²) < 4.78 is 48.7. The molecule has 150 valence electrons. The topological polar surface area (TPSA) is 27.1 Å². The van der Waals surface area contributed by atoms with Gasteiger partial charge in [-0.05, 0) is 64.5 Å². The molecule has 0 amide bonds. The number of alkyl halides is 3. The van der Waals surface area contributed by atoms with Gasteiger partial charge in [-0.25, -0.2) is 0 Å². The molecule has 0 atom stereocenters. The summed E-state index contributed by atoms with van der Waals surface area (Å²) in [6, 6.07) is 7.69. The lowest BCUT2D eigenvalue weighted by Crippen LogP contribution is -2.08. The van der Waals surface area contributed by atoms with Crippen LogP contribution in [0.1, 0.15) is 43.7 Å². The van der Waals surface area contributed by atoms with E-state index < -0.39 is 11.7 Å². The van der Waals surface area contributed by atoms with Crippen molar-refractivity contribution in [2.45, 2.75) is 38.8 Å². The van der Waals surface area contributed by atoms with E-state index in [1.54, 1.807) is 35.9 Å². The summed E-state index contributed by atoms with van der Waals surface area (Å²) in [6.45, 7) is 4.05. The van der Waals surface area contributed by atoms with Crippen molar-refractivity contribution in [3.05, 3.63) is 51.0 Å². The van der Waals surface area contributed by atoms with E-state index in [0.29, 0.717) is 20.8 Å². The number of hydrogen-bond donors (Lipinski definition) is 0. The lowest BCUT2D eigenvalue weighted by Gasteiger charge is -2.17. The largest absolute Gasteiger partial charge is 0.424 e. The molecule has 0 aliphatic carbocycles. The fourth-order valence-corrected chi connectivity index (χ4v) is 4.13. The number of rotatable bonds is 5. The van der Waals surface area contributed by atoms with Gasteiger partial charge < -0.3 is 4.74 Å². The molecule has 2 aromatic carbocycles. The third-order valence-electron chi connectivity index (χ3n) is 4.84. The SMILES string of the molecule is CCC(CC)c1ccc(C(F)(F)F)c2nc(Oc3ccc(Cl)cc3Br)n(C)c12. The van der Waals surface area contributed by atoms with Crippen molar-refractivity contribution in [2.24, 2.45) is 7.05 Å². The maximum Gasteiger partial charge on any atom is 0.418 e. The number of halogens is 5. The normalized spacial score (nSPS) is 12.2. The minimum atomic E-state index is -4.50. The van der Waals surface area contributed by atoms with Crippen LogP contribution in [0.4, 0.5) is 13.2 Å². The van der Waals surface area contributed by atoms with Gasteiger partial charge >= 0.3 is 12.2 Å². The van der Waals surface area contributed by atoms with E-state index in [4.69, 9.17) is 16.3 Å². The number of benzene rings is 2. The lowest BCUT2D eigenvalue weighted by atomic mass is 9.91. The molecule has 28 heavy (non-hydrogen) atoms. The van der Waals surface area contributed by atoms with Gasteiger partial charge in [-0.15, -0.1) is 0 Å². The van der Waals surface area contributed by atoms with Crippen LogP contribution in [0.25, 0.3) is 11.0 Å². The number of fused-ring (bicyclic) bond motifs is 1. The van der Waals surface area contributed by atoms with Gasteiger partial charge in [0.25, 0.3) is 0 Å². The van der Waals surface area contributed by atoms with Crippen molar-refractivity contribution in [1.29, 1.82) is 0 Å². The average molecular weight is 476 g/mol. The molecular formula is C20H19BrClF3N2O. The number of aromatic nitrogens is 2. The summed E-state index contributed by atoms with van der Waals surface area (Å²) >= 11 is 9.30. The smallest absolute Gasteiger partial charge is 0.418 e. The summed E-state index contributed by atoms with van der Waals surface area (Å²) in [6.07, 6.45) is -2.86. The minimum absolute atomic E-state index is 0.0851. The zero-order chi connectivity index (χ0) is 20.6. The summed E-state index contributed by atoms with van der Waals surface area (Å²) in [5.41, 5.74) is 0.425. The molecule has 3 nitrogen and oxygen atoms in total. The summed E-state index contributed by atoms with van der Waals surface area (Å²) in [5, 5.41) is 0.514. The van der Waals surface area contributed by atoms with Gasteiger partial charge in [-0.3, -0.25) is 4.57 Å². The molecular weight excluding hydrogens is 457 g/mol.